The lowest BCUT2D eigenvalue weighted by atomic mass is 9.76. The highest BCUT2D eigenvalue weighted by Gasteiger charge is 2.31. The topological polar surface area (TPSA) is 12.0 Å². The molecule has 1 unspecified atom stereocenters. The van der Waals surface area contributed by atoms with Gasteiger partial charge in [-0.25, -0.2) is 0 Å². The molecule has 0 saturated carbocycles. The summed E-state index contributed by atoms with van der Waals surface area (Å²) in [5.74, 6) is 0.0231. The van der Waals surface area contributed by atoms with Gasteiger partial charge in [-0.15, -0.1) is 0 Å². The summed E-state index contributed by atoms with van der Waals surface area (Å²) in [4.78, 5) is 0. The minimum absolute atomic E-state index is 0.00920. The van der Waals surface area contributed by atoms with Crippen molar-refractivity contribution >= 4 is 45.7 Å². The maximum atomic E-state index is 6.78. The number of benzene rings is 5. The average Bonchev–Trinajstić information content (AvgIpc) is 2.90. The monoisotopic (exact) mass is 491 g/mol. The number of rotatable bonds is 4. The van der Waals surface area contributed by atoms with Crippen LogP contribution in [0.2, 0.25) is 10.0 Å². The van der Waals surface area contributed by atoms with E-state index < -0.39 is 0 Å². The van der Waals surface area contributed by atoms with Gasteiger partial charge in [0, 0.05) is 10.9 Å². The van der Waals surface area contributed by atoms with Gasteiger partial charge in [0.15, 0.2) is 0 Å². The smallest absolute Gasteiger partial charge is 0.0637 e. The van der Waals surface area contributed by atoms with Crippen LogP contribution < -0.4 is 5.32 Å². The van der Waals surface area contributed by atoms with E-state index in [4.69, 9.17) is 23.2 Å². The van der Waals surface area contributed by atoms with Crippen LogP contribution >= 0.6 is 23.2 Å². The third kappa shape index (κ3) is 4.01. The normalized spacial score (nSPS) is 16.7. The van der Waals surface area contributed by atoms with Crippen LogP contribution in [0.4, 0.5) is 5.69 Å². The molecule has 5 aromatic carbocycles. The number of fused-ring (bicyclic) bond motifs is 2. The molecule has 0 aliphatic heterocycles. The molecule has 0 aromatic heterocycles. The second-order valence-electron chi connectivity index (χ2n) is 8.84. The Hall–Kier alpha value is -3.52. The van der Waals surface area contributed by atoms with Crippen molar-refractivity contribution in [2.75, 3.05) is 5.32 Å². The number of anilines is 1. The van der Waals surface area contributed by atoms with Crippen molar-refractivity contribution in [3.8, 4) is 11.1 Å². The van der Waals surface area contributed by atoms with Crippen molar-refractivity contribution in [2.45, 2.75) is 12.0 Å². The third-order valence-corrected chi connectivity index (χ3v) is 7.49. The molecule has 35 heavy (non-hydrogen) atoms. The van der Waals surface area contributed by atoms with E-state index in [0.717, 1.165) is 16.3 Å². The first-order chi connectivity index (χ1) is 17.2. The zero-order valence-corrected chi connectivity index (χ0v) is 20.5. The number of hydrogen-bond donors (Lipinski definition) is 1. The van der Waals surface area contributed by atoms with Gasteiger partial charge in [0.05, 0.1) is 16.8 Å². The van der Waals surface area contributed by atoms with E-state index in [1.807, 2.05) is 36.4 Å². The summed E-state index contributed by atoms with van der Waals surface area (Å²) in [5, 5.41) is 7.64. The molecule has 0 saturated heterocycles. The van der Waals surface area contributed by atoms with E-state index in [1.165, 1.54) is 33.0 Å². The van der Waals surface area contributed by atoms with E-state index >= 15 is 0 Å². The predicted molar refractivity (Wildman–Crippen MR) is 151 cm³/mol. The number of nitrogens with one attached hydrogen (secondary N) is 1. The zero-order chi connectivity index (χ0) is 23.8. The lowest BCUT2D eigenvalue weighted by Crippen LogP contribution is -2.29. The van der Waals surface area contributed by atoms with Gasteiger partial charge >= 0.3 is 0 Å². The Kier molecular flexibility index (Phi) is 5.82. The second-order valence-corrected chi connectivity index (χ2v) is 9.66. The van der Waals surface area contributed by atoms with Gasteiger partial charge < -0.3 is 5.32 Å². The van der Waals surface area contributed by atoms with Crippen LogP contribution in [0.5, 0.6) is 0 Å². The van der Waals surface area contributed by atoms with Crippen LogP contribution in [0.3, 0.4) is 0 Å². The van der Waals surface area contributed by atoms with Crippen LogP contribution in [0.15, 0.2) is 115 Å². The minimum Gasteiger partial charge on any atom is -0.377 e. The summed E-state index contributed by atoms with van der Waals surface area (Å²) in [6.45, 7) is 0. The van der Waals surface area contributed by atoms with Crippen LogP contribution in [0.1, 0.15) is 22.6 Å². The highest BCUT2D eigenvalue weighted by atomic mass is 35.5. The van der Waals surface area contributed by atoms with Crippen molar-refractivity contribution in [2.24, 2.45) is 0 Å². The molecule has 0 radical (unpaired) electrons. The lowest BCUT2D eigenvalue weighted by Gasteiger charge is -2.33. The first kappa shape index (κ1) is 22.0. The molecule has 0 fully saturated rings. The highest BCUT2D eigenvalue weighted by Crippen LogP contribution is 2.44. The average molecular weight is 492 g/mol. The molecule has 1 N–H and O–H groups in total. The molecular weight excluding hydrogens is 469 g/mol. The van der Waals surface area contributed by atoms with E-state index in [-0.39, 0.29) is 12.0 Å². The molecule has 5 aromatic rings. The Morgan fingerprint density at radius 3 is 2.09 bits per heavy atom. The van der Waals surface area contributed by atoms with Crippen LogP contribution in [-0.4, -0.2) is 6.04 Å². The Morgan fingerprint density at radius 1 is 0.571 bits per heavy atom. The summed E-state index contributed by atoms with van der Waals surface area (Å²) in [6.07, 6.45) is 4.49. The van der Waals surface area contributed by atoms with Gasteiger partial charge in [-0.1, -0.05) is 126 Å². The van der Waals surface area contributed by atoms with Gasteiger partial charge in [-0.05, 0) is 56.8 Å². The predicted octanol–water partition coefficient (Wildman–Crippen LogP) is 9.45. The molecule has 170 valence electrons. The quantitative estimate of drug-likeness (QED) is 0.263. The Bertz CT molecular complexity index is 1560. The summed E-state index contributed by atoms with van der Waals surface area (Å²) in [5.41, 5.74) is 6.94. The number of para-hydroxylation sites is 1. The fourth-order valence-electron chi connectivity index (χ4n) is 5.22. The van der Waals surface area contributed by atoms with E-state index in [2.05, 4.69) is 90.3 Å². The summed E-state index contributed by atoms with van der Waals surface area (Å²) < 4.78 is 0. The maximum Gasteiger partial charge on any atom is 0.0637 e. The van der Waals surface area contributed by atoms with Crippen LogP contribution in [-0.2, 0) is 0 Å². The van der Waals surface area contributed by atoms with Gasteiger partial charge in [-0.3, -0.25) is 0 Å². The van der Waals surface area contributed by atoms with Crippen molar-refractivity contribution in [3.63, 3.8) is 0 Å². The van der Waals surface area contributed by atoms with Gasteiger partial charge in [-0.2, -0.15) is 0 Å². The Labute approximate surface area is 215 Å². The Balaban J connectivity index is 1.54. The highest BCUT2D eigenvalue weighted by molar-refractivity contribution is 6.33. The van der Waals surface area contributed by atoms with Crippen molar-refractivity contribution in [3.05, 3.63) is 142 Å². The van der Waals surface area contributed by atoms with Gasteiger partial charge in [0.2, 0.25) is 0 Å². The van der Waals surface area contributed by atoms with Crippen molar-refractivity contribution in [1.82, 2.24) is 0 Å². The maximum absolute atomic E-state index is 6.78. The summed E-state index contributed by atoms with van der Waals surface area (Å²) in [6, 6.07) is 37.7. The molecule has 0 heterocycles. The lowest BCUT2D eigenvalue weighted by molar-refractivity contribution is 0.733. The molecule has 1 aliphatic carbocycles. The number of hydrogen-bond acceptors (Lipinski definition) is 1. The van der Waals surface area contributed by atoms with Crippen molar-refractivity contribution in [1.29, 1.82) is 0 Å². The SMILES string of the molecule is Clc1ccccc1NC1C=Cc2c(-c3cccc4ccccc34)cccc2[C@@H]1c1ccccc1Cl. The fraction of sp³-hybridized carbons (Fsp3) is 0.0625. The van der Waals surface area contributed by atoms with Gasteiger partial charge in [0.1, 0.15) is 0 Å². The molecular formula is C32H23Cl2N. The molecule has 0 amide bonds. The van der Waals surface area contributed by atoms with Crippen LogP contribution in [0.25, 0.3) is 28.0 Å². The van der Waals surface area contributed by atoms with E-state index in [9.17, 15) is 0 Å². The molecule has 2 atom stereocenters. The molecule has 1 nitrogen and oxygen atoms in total. The van der Waals surface area contributed by atoms with E-state index in [1.54, 1.807) is 0 Å². The van der Waals surface area contributed by atoms with Crippen molar-refractivity contribution < 1.29 is 0 Å². The first-order valence-electron chi connectivity index (χ1n) is 11.8. The molecule has 3 heteroatoms. The summed E-state index contributed by atoms with van der Waals surface area (Å²) in [7, 11) is 0. The largest absolute Gasteiger partial charge is 0.377 e. The minimum atomic E-state index is -0.00920. The van der Waals surface area contributed by atoms with E-state index in [0.29, 0.717) is 5.02 Å². The number of halogens is 2. The van der Waals surface area contributed by atoms with Gasteiger partial charge in [0.25, 0.3) is 0 Å². The summed E-state index contributed by atoms with van der Waals surface area (Å²) >= 11 is 13.3. The molecule has 0 bridgehead atoms. The Morgan fingerprint density at radius 2 is 1.23 bits per heavy atom. The fourth-order valence-corrected chi connectivity index (χ4v) is 5.66. The van der Waals surface area contributed by atoms with Crippen LogP contribution in [0, 0.1) is 0 Å². The molecule has 0 spiro atoms. The third-order valence-electron chi connectivity index (χ3n) is 6.82. The zero-order valence-electron chi connectivity index (χ0n) is 19.0. The molecule has 6 rings (SSSR count). The first-order valence-corrected chi connectivity index (χ1v) is 12.5. The standard InChI is InChI=1S/C32H23Cl2N/c33-28-16-4-3-12-27(28)32-26-15-8-14-24(23-13-7-10-21-9-1-2-11-22(21)23)25(26)19-20-31(32)35-30-18-6-5-17-29(30)34/h1-20,31-32,35H/t31?,32-/m1/s1. The molecule has 1 aliphatic rings. The second kappa shape index (κ2) is 9.26.